The normalized spacial score (nSPS) is 14.5. The van der Waals surface area contributed by atoms with Crippen molar-refractivity contribution in [3.05, 3.63) is 0 Å². The van der Waals surface area contributed by atoms with Gasteiger partial charge in [-0.1, -0.05) is 43.4 Å². The van der Waals surface area contributed by atoms with Crippen molar-refractivity contribution in [3.8, 4) is 0 Å². The lowest BCUT2D eigenvalue weighted by atomic mass is 10.2. The first-order chi connectivity index (χ1) is 5.70. The van der Waals surface area contributed by atoms with Crippen molar-refractivity contribution >= 4 is 36.6 Å². The van der Waals surface area contributed by atoms with E-state index in [1.807, 2.05) is 6.92 Å². The monoisotopic (exact) mass is 313 g/mol. The summed E-state index contributed by atoms with van der Waals surface area (Å²) in [5.41, 5.74) is 1.06. The molecule has 0 saturated carbocycles. The quantitative estimate of drug-likeness (QED) is 0.255. The molecule has 0 amide bonds. The first kappa shape index (κ1) is 13.4. The fourth-order valence-corrected chi connectivity index (χ4v) is 1.15. The number of rotatable bonds is 3. The van der Waals surface area contributed by atoms with Gasteiger partial charge >= 0.3 is 0 Å². The maximum atomic E-state index is 5.67. The highest BCUT2D eigenvalue weighted by Gasteiger charge is 2.39. The summed E-state index contributed by atoms with van der Waals surface area (Å²) in [5, 5.41) is 4.39. The van der Waals surface area contributed by atoms with Crippen molar-refractivity contribution in [1.29, 1.82) is 0 Å². The van der Waals surface area contributed by atoms with Gasteiger partial charge < -0.3 is 4.53 Å². The molecule has 4 heteroatoms. The molecular formula is C9H20INOSi. The lowest BCUT2D eigenvalue weighted by Crippen LogP contribution is -2.39. The van der Waals surface area contributed by atoms with E-state index in [2.05, 4.69) is 61.6 Å². The molecule has 0 heterocycles. The molecule has 0 radical (unpaired) electrons. The molecule has 0 bridgehead atoms. The fraction of sp³-hybridized carbons (Fsp3) is 0.889. The molecule has 13 heavy (non-hydrogen) atoms. The van der Waals surface area contributed by atoms with Crippen LogP contribution in [-0.4, -0.2) is 18.5 Å². The molecule has 0 N–H and O–H groups in total. The van der Waals surface area contributed by atoms with Crippen LogP contribution in [0.4, 0.5) is 0 Å². The van der Waals surface area contributed by atoms with E-state index in [0.29, 0.717) is 0 Å². The molecule has 0 aromatic rings. The lowest BCUT2D eigenvalue weighted by Gasteiger charge is -2.33. The van der Waals surface area contributed by atoms with Crippen LogP contribution >= 0.6 is 22.6 Å². The van der Waals surface area contributed by atoms with Crippen molar-refractivity contribution in [2.75, 3.05) is 4.43 Å². The minimum Gasteiger partial charge on any atom is -0.455 e. The Hall–Kier alpha value is 0.417. The van der Waals surface area contributed by atoms with E-state index in [9.17, 15) is 0 Å². The summed E-state index contributed by atoms with van der Waals surface area (Å²) in [7, 11) is -1.67. The number of nitrogens with zero attached hydrogens (tertiary/aromatic N) is 1. The van der Waals surface area contributed by atoms with Gasteiger partial charge in [0.25, 0.3) is 8.32 Å². The summed E-state index contributed by atoms with van der Waals surface area (Å²) in [4.78, 5) is 0. The molecule has 78 valence electrons. The molecule has 0 saturated heterocycles. The Labute approximate surface area is 96.4 Å². The average molecular weight is 313 g/mol. The Morgan fingerprint density at radius 3 is 2.15 bits per heavy atom. The highest BCUT2D eigenvalue weighted by Crippen LogP contribution is 2.36. The van der Waals surface area contributed by atoms with Crippen molar-refractivity contribution in [2.24, 2.45) is 5.16 Å². The summed E-state index contributed by atoms with van der Waals surface area (Å²) in [6.07, 6.45) is 0. The smallest absolute Gasteiger partial charge is 0.286 e. The Morgan fingerprint density at radius 1 is 1.38 bits per heavy atom. The number of halogens is 1. The van der Waals surface area contributed by atoms with Gasteiger partial charge in [-0.15, -0.1) is 5.16 Å². The molecule has 0 rings (SSSR count). The minimum absolute atomic E-state index is 0.238. The van der Waals surface area contributed by atoms with Crippen LogP contribution in [0.2, 0.25) is 18.1 Å². The molecule has 0 aromatic heterocycles. The summed E-state index contributed by atoms with van der Waals surface area (Å²) in [5.74, 6) is 0. The van der Waals surface area contributed by atoms with E-state index < -0.39 is 8.32 Å². The molecule has 0 aromatic carbocycles. The molecule has 0 spiro atoms. The zero-order valence-corrected chi connectivity index (χ0v) is 12.6. The van der Waals surface area contributed by atoms with E-state index in [4.69, 9.17) is 4.53 Å². The molecule has 0 unspecified atom stereocenters. The van der Waals surface area contributed by atoms with Crippen molar-refractivity contribution in [1.82, 2.24) is 0 Å². The van der Waals surface area contributed by atoms with Gasteiger partial charge in [-0.05, 0) is 25.1 Å². The second-order valence-electron chi connectivity index (χ2n) is 4.81. The molecule has 0 atom stereocenters. The van der Waals surface area contributed by atoms with Crippen LogP contribution in [0.1, 0.15) is 27.7 Å². The molecule has 0 aliphatic heterocycles. The van der Waals surface area contributed by atoms with Gasteiger partial charge in [0.1, 0.15) is 0 Å². The fourth-order valence-electron chi connectivity index (χ4n) is 0.353. The second kappa shape index (κ2) is 4.77. The van der Waals surface area contributed by atoms with Crippen molar-refractivity contribution in [3.63, 3.8) is 0 Å². The van der Waals surface area contributed by atoms with Gasteiger partial charge in [-0.2, -0.15) is 0 Å². The molecule has 0 fully saturated rings. The zero-order chi connectivity index (χ0) is 10.7. The predicted octanol–water partition coefficient (Wildman–Crippen LogP) is 3.82. The van der Waals surface area contributed by atoms with E-state index in [-0.39, 0.29) is 5.04 Å². The third-order valence-electron chi connectivity index (χ3n) is 2.43. The van der Waals surface area contributed by atoms with Crippen molar-refractivity contribution in [2.45, 2.75) is 45.8 Å². The summed E-state index contributed by atoms with van der Waals surface area (Å²) >= 11 is 2.29. The Morgan fingerprint density at radius 2 is 1.85 bits per heavy atom. The van der Waals surface area contributed by atoms with Crippen LogP contribution in [-0.2, 0) is 4.53 Å². The standard InChI is InChI=1S/C9H20INOSi/c1-8(7-10)11-12-13(5,6)9(2,3)4/h7H2,1-6H3/b11-8+. The van der Waals surface area contributed by atoms with Crippen LogP contribution in [0.25, 0.3) is 0 Å². The van der Waals surface area contributed by atoms with Crippen LogP contribution in [0.15, 0.2) is 5.16 Å². The summed E-state index contributed by atoms with van der Waals surface area (Å²) in [6, 6.07) is 0. The average Bonchev–Trinajstić information content (AvgIpc) is 1.98. The summed E-state index contributed by atoms with van der Waals surface area (Å²) < 4.78 is 6.61. The van der Waals surface area contributed by atoms with E-state index in [1.165, 1.54) is 0 Å². The van der Waals surface area contributed by atoms with Crippen molar-refractivity contribution < 1.29 is 4.53 Å². The first-order valence-electron chi connectivity index (χ1n) is 4.48. The third-order valence-corrected chi connectivity index (χ3v) is 7.69. The minimum atomic E-state index is -1.67. The van der Waals surface area contributed by atoms with E-state index >= 15 is 0 Å². The van der Waals surface area contributed by atoms with Crippen LogP contribution in [0, 0.1) is 0 Å². The molecular weight excluding hydrogens is 293 g/mol. The Kier molecular flexibility index (Phi) is 4.92. The topological polar surface area (TPSA) is 21.6 Å². The molecule has 0 aliphatic carbocycles. The maximum absolute atomic E-state index is 5.67. The molecule has 2 nitrogen and oxygen atoms in total. The Bertz CT molecular complexity index is 196. The van der Waals surface area contributed by atoms with Gasteiger partial charge in [0.15, 0.2) is 0 Å². The number of oxime groups is 1. The zero-order valence-electron chi connectivity index (χ0n) is 9.44. The number of hydrogen-bond acceptors (Lipinski definition) is 2. The van der Waals surface area contributed by atoms with Crippen LogP contribution < -0.4 is 0 Å². The third kappa shape index (κ3) is 4.44. The maximum Gasteiger partial charge on any atom is 0.286 e. The van der Waals surface area contributed by atoms with Gasteiger partial charge in [0.2, 0.25) is 0 Å². The number of hydrogen-bond donors (Lipinski definition) is 0. The predicted molar refractivity (Wildman–Crippen MR) is 70.3 cm³/mol. The van der Waals surface area contributed by atoms with E-state index in [1.54, 1.807) is 0 Å². The second-order valence-corrected chi connectivity index (χ2v) is 10.3. The first-order valence-corrected chi connectivity index (χ1v) is 8.91. The van der Waals surface area contributed by atoms with Crippen LogP contribution in [0.5, 0.6) is 0 Å². The molecule has 0 aliphatic rings. The van der Waals surface area contributed by atoms with Gasteiger partial charge in [0.05, 0.1) is 5.71 Å². The highest BCUT2D eigenvalue weighted by molar-refractivity contribution is 14.1. The van der Waals surface area contributed by atoms with Crippen LogP contribution in [0.3, 0.4) is 0 Å². The van der Waals surface area contributed by atoms with Gasteiger partial charge in [0, 0.05) is 4.43 Å². The largest absolute Gasteiger partial charge is 0.455 e. The van der Waals surface area contributed by atoms with Gasteiger partial charge in [-0.3, -0.25) is 0 Å². The lowest BCUT2D eigenvalue weighted by molar-refractivity contribution is 0.307. The Balaban J connectivity index is 4.36. The highest BCUT2D eigenvalue weighted by atomic mass is 127. The van der Waals surface area contributed by atoms with Gasteiger partial charge in [-0.25, -0.2) is 0 Å². The number of alkyl halides is 1. The van der Waals surface area contributed by atoms with E-state index in [0.717, 1.165) is 10.1 Å². The summed E-state index contributed by atoms with van der Waals surface area (Å²) in [6.45, 7) is 13.1. The SMILES string of the molecule is C/C(CI)=N\O[Si](C)(C)C(C)(C)C.